The second kappa shape index (κ2) is 23.3. The monoisotopic (exact) mass is 459 g/mol. The molecule has 1 N–H and O–H groups in total. The number of amides is 1. The van der Waals surface area contributed by atoms with E-state index >= 15 is 0 Å². The lowest BCUT2D eigenvalue weighted by molar-refractivity contribution is 0.0133. The standard InChI is InChI=1S/C26H53NO5/c1-5-6-7-8-9-10-11-12-13-14-15-16-17-19-29-21-23-31-24-22-30-20-18-27-25(28)32-26(2,3)4/h5-24H2,1-4H3,(H,27,28). The molecule has 0 aliphatic carbocycles. The molecule has 0 unspecified atom stereocenters. The van der Waals surface area contributed by atoms with Crippen LogP contribution in [0.5, 0.6) is 0 Å². The van der Waals surface area contributed by atoms with E-state index in [1.54, 1.807) is 0 Å². The molecule has 0 rings (SSSR count). The first-order valence-corrected chi connectivity index (χ1v) is 13.2. The van der Waals surface area contributed by atoms with Crippen LogP contribution in [0, 0.1) is 0 Å². The van der Waals surface area contributed by atoms with Gasteiger partial charge in [0.15, 0.2) is 0 Å². The first kappa shape index (κ1) is 31.1. The van der Waals surface area contributed by atoms with E-state index in [1.165, 1.54) is 77.0 Å². The summed E-state index contributed by atoms with van der Waals surface area (Å²) in [6.07, 6.45) is 17.4. The topological polar surface area (TPSA) is 66.0 Å². The zero-order chi connectivity index (χ0) is 23.8. The van der Waals surface area contributed by atoms with Crippen LogP contribution in [0.4, 0.5) is 4.79 Å². The molecule has 1 amide bonds. The molecule has 0 atom stereocenters. The van der Waals surface area contributed by atoms with E-state index < -0.39 is 11.7 Å². The van der Waals surface area contributed by atoms with Crippen molar-refractivity contribution in [1.82, 2.24) is 5.32 Å². The largest absolute Gasteiger partial charge is 0.444 e. The third-order valence-corrected chi connectivity index (χ3v) is 5.05. The predicted octanol–water partition coefficient (Wildman–Crippen LogP) is 6.65. The highest BCUT2D eigenvalue weighted by atomic mass is 16.6. The number of carbonyl (C=O) groups excluding carboxylic acids is 1. The van der Waals surface area contributed by atoms with Gasteiger partial charge < -0.3 is 24.3 Å². The lowest BCUT2D eigenvalue weighted by Gasteiger charge is -2.19. The molecule has 0 aliphatic heterocycles. The second-order valence-electron chi connectivity index (χ2n) is 9.51. The highest BCUT2D eigenvalue weighted by Crippen LogP contribution is 2.12. The Morgan fingerprint density at radius 2 is 1.00 bits per heavy atom. The van der Waals surface area contributed by atoms with Crippen molar-refractivity contribution in [3.63, 3.8) is 0 Å². The van der Waals surface area contributed by atoms with E-state index in [0.717, 1.165) is 13.0 Å². The zero-order valence-electron chi connectivity index (χ0n) is 21.7. The van der Waals surface area contributed by atoms with Gasteiger partial charge in [0.2, 0.25) is 0 Å². The van der Waals surface area contributed by atoms with Crippen LogP contribution in [-0.2, 0) is 18.9 Å². The van der Waals surface area contributed by atoms with Crippen LogP contribution < -0.4 is 5.32 Å². The van der Waals surface area contributed by atoms with Crippen LogP contribution in [0.15, 0.2) is 0 Å². The Morgan fingerprint density at radius 3 is 1.47 bits per heavy atom. The minimum Gasteiger partial charge on any atom is -0.444 e. The summed E-state index contributed by atoms with van der Waals surface area (Å²) in [5, 5.41) is 2.65. The number of hydrogen-bond acceptors (Lipinski definition) is 5. The summed E-state index contributed by atoms with van der Waals surface area (Å²) in [5.41, 5.74) is -0.479. The van der Waals surface area contributed by atoms with Gasteiger partial charge in [0.1, 0.15) is 5.60 Å². The lowest BCUT2D eigenvalue weighted by atomic mass is 10.0. The van der Waals surface area contributed by atoms with Gasteiger partial charge in [-0.15, -0.1) is 0 Å². The van der Waals surface area contributed by atoms with Crippen molar-refractivity contribution >= 4 is 6.09 Å². The normalized spacial score (nSPS) is 11.6. The molecule has 0 aliphatic rings. The van der Waals surface area contributed by atoms with Crippen molar-refractivity contribution < 1.29 is 23.7 Å². The highest BCUT2D eigenvalue weighted by molar-refractivity contribution is 5.67. The number of hydrogen-bond donors (Lipinski definition) is 1. The molecule has 0 heterocycles. The molecule has 0 radical (unpaired) electrons. The van der Waals surface area contributed by atoms with Gasteiger partial charge in [-0.1, -0.05) is 84.0 Å². The third kappa shape index (κ3) is 27.2. The first-order valence-electron chi connectivity index (χ1n) is 13.2. The molecule has 192 valence electrons. The van der Waals surface area contributed by atoms with Crippen LogP contribution in [0.3, 0.4) is 0 Å². The van der Waals surface area contributed by atoms with Crippen molar-refractivity contribution in [3.05, 3.63) is 0 Å². The van der Waals surface area contributed by atoms with E-state index in [1.807, 2.05) is 20.8 Å². The number of unbranched alkanes of at least 4 members (excludes halogenated alkanes) is 12. The molecule has 32 heavy (non-hydrogen) atoms. The Bertz CT molecular complexity index is 398. The van der Waals surface area contributed by atoms with Crippen LogP contribution in [-0.4, -0.2) is 57.9 Å². The van der Waals surface area contributed by atoms with Gasteiger partial charge in [0, 0.05) is 13.2 Å². The lowest BCUT2D eigenvalue weighted by Crippen LogP contribution is -2.34. The number of rotatable bonds is 23. The molecular weight excluding hydrogens is 406 g/mol. The minimum absolute atomic E-state index is 0.419. The molecule has 0 saturated heterocycles. The molecule has 0 fully saturated rings. The Labute approximate surface area is 198 Å². The summed E-state index contributed by atoms with van der Waals surface area (Å²) in [6, 6.07) is 0. The minimum atomic E-state index is -0.479. The summed E-state index contributed by atoms with van der Waals surface area (Å²) in [5.74, 6) is 0. The van der Waals surface area contributed by atoms with Gasteiger partial charge in [-0.05, 0) is 27.2 Å². The Hall–Kier alpha value is -0.850. The van der Waals surface area contributed by atoms with E-state index in [2.05, 4.69) is 12.2 Å². The summed E-state index contributed by atoms with van der Waals surface area (Å²) in [4.78, 5) is 11.4. The van der Waals surface area contributed by atoms with Crippen LogP contribution in [0.25, 0.3) is 0 Å². The molecular formula is C26H53NO5. The van der Waals surface area contributed by atoms with Gasteiger partial charge in [0.05, 0.1) is 33.0 Å². The van der Waals surface area contributed by atoms with E-state index in [-0.39, 0.29) is 0 Å². The fourth-order valence-corrected chi connectivity index (χ4v) is 3.30. The quantitative estimate of drug-likeness (QED) is 0.173. The molecule has 0 aromatic carbocycles. The van der Waals surface area contributed by atoms with Crippen molar-refractivity contribution in [2.75, 3.05) is 46.2 Å². The maximum absolute atomic E-state index is 11.4. The fourth-order valence-electron chi connectivity index (χ4n) is 3.30. The smallest absolute Gasteiger partial charge is 0.407 e. The maximum atomic E-state index is 11.4. The summed E-state index contributed by atoms with van der Waals surface area (Å²) < 4.78 is 21.7. The molecule has 0 aromatic heterocycles. The van der Waals surface area contributed by atoms with Crippen molar-refractivity contribution in [3.8, 4) is 0 Å². The number of carbonyl (C=O) groups is 1. The van der Waals surface area contributed by atoms with Gasteiger partial charge >= 0.3 is 6.09 Å². The highest BCUT2D eigenvalue weighted by Gasteiger charge is 2.15. The first-order chi connectivity index (χ1) is 15.5. The number of alkyl carbamates (subject to hydrolysis) is 1. The Balaban J connectivity index is 3.10. The zero-order valence-corrected chi connectivity index (χ0v) is 21.7. The van der Waals surface area contributed by atoms with E-state index in [9.17, 15) is 4.79 Å². The van der Waals surface area contributed by atoms with E-state index in [4.69, 9.17) is 18.9 Å². The van der Waals surface area contributed by atoms with Crippen LogP contribution in [0.1, 0.15) is 111 Å². The molecule has 0 bridgehead atoms. The summed E-state index contributed by atoms with van der Waals surface area (Å²) >= 11 is 0. The van der Waals surface area contributed by atoms with Crippen molar-refractivity contribution in [2.45, 2.75) is 117 Å². The number of ether oxygens (including phenoxy) is 4. The van der Waals surface area contributed by atoms with Gasteiger partial charge in [-0.2, -0.15) is 0 Å². The van der Waals surface area contributed by atoms with Gasteiger partial charge in [0.25, 0.3) is 0 Å². The van der Waals surface area contributed by atoms with Crippen LogP contribution in [0.2, 0.25) is 0 Å². The van der Waals surface area contributed by atoms with Crippen molar-refractivity contribution in [2.24, 2.45) is 0 Å². The van der Waals surface area contributed by atoms with Gasteiger partial charge in [-0.25, -0.2) is 4.79 Å². The molecule has 0 aromatic rings. The van der Waals surface area contributed by atoms with E-state index in [0.29, 0.717) is 39.6 Å². The Morgan fingerprint density at radius 1 is 0.594 bits per heavy atom. The Kier molecular flexibility index (Phi) is 22.7. The summed E-state index contributed by atoms with van der Waals surface area (Å²) in [7, 11) is 0. The SMILES string of the molecule is CCCCCCCCCCCCCCCOCCOCCOCCNC(=O)OC(C)(C)C. The maximum Gasteiger partial charge on any atom is 0.407 e. The predicted molar refractivity (Wildman–Crippen MR) is 132 cm³/mol. The second-order valence-corrected chi connectivity index (χ2v) is 9.51. The van der Waals surface area contributed by atoms with Crippen molar-refractivity contribution in [1.29, 1.82) is 0 Å². The number of nitrogens with one attached hydrogen (secondary N) is 1. The fraction of sp³-hybridized carbons (Fsp3) is 0.962. The average Bonchev–Trinajstić information content (AvgIpc) is 2.73. The molecule has 6 nitrogen and oxygen atoms in total. The molecule has 0 saturated carbocycles. The van der Waals surface area contributed by atoms with Crippen LogP contribution >= 0.6 is 0 Å². The molecule has 0 spiro atoms. The van der Waals surface area contributed by atoms with Gasteiger partial charge in [-0.3, -0.25) is 0 Å². The third-order valence-electron chi connectivity index (χ3n) is 5.05. The average molecular weight is 460 g/mol. The molecule has 6 heteroatoms. The summed E-state index contributed by atoms with van der Waals surface area (Å²) in [6.45, 7) is 11.8.